The molecule has 1 atom stereocenters. The quantitative estimate of drug-likeness (QED) is 0.862. The van der Waals surface area contributed by atoms with Crippen molar-refractivity contribution in [2.24, 2.45) is 0 Å². The van der Waals surface area contributed by atoms with E-state index >= 15 is 0 Å². The summed E-state index contributed by atoms with van der Waals surface area (Å²) < 4.78 is 1.66. The zero-order valence-electron chi connectivity index (χ0n) is 11.4. The minimum Gasteiger partial charge on any atom is -0.353 e. The van der Waals surface area contributed by atoms with Crippen molar-refractivity contribution in [2.45, 2.75) is 55.8 Å². The summed E-state index contributed by atoms with van der Waals surface area (Å²) in [5.41, 5.74) is -0.0598. The van der Waals surface area contributed by atoms with Gasteiger partial charge in [-0.3, -0.25) is 14.2 Å². The molecule has 20 heavy (non-hydrogen) atoms. The molecule has 5 nitrogen and oxygen atoms in total. The summed E-state index contributed by atoms with van der Waals surface area (Å²) >= 11 is 1.55. The fraction of sp³-hybridized carbons (Fsp3) is 0.643. The van der Waals surface area contributed by atoms with Crippen molar-refractivity contribution in [1.29, 1.82) is 0 Å². The number of nitrogens with one attached hydrogen (secondary N) is 1. The average molecular weight is 293 g/mol. The largest absolute Gasteiger partial charge is 0.353 e. The Hall–Kier alpha value is -1.30. The molecule has 1 unspecified atom stereocenters. The molecule has 6 heteroatoms. The van der Waals surface area contributed by atoms with Gasteiger partial charge in [0, 0.05) is 30.5 Å². The first-order valence-electron chi connectivity index (χ1n) is 7.24. The third-order valence-electron chi connectivity index (χ3n) is 4.01. The van der Waals surface area contributed by atoms with Crippen LogP contribution in [0.15, 0.2) is 22.2 Å². The molecule has 1 fully saturated rings. The van der Waals surface area contributed by atoms with Crippen LogP contribution in [0, 0.1) is 0 Å². The van der Waals surface area contributed by atoms with Gasteiger partial charge in [0.1, 0.15) is 0 Å². The number of nitrogens with zero attached hydrogens (tertiary/aromatic N) is 2. The van der Waals surface area contributed by atoms with Gasteiger partial charge in [-0.25, -0.2) is 4.98 Å². The molecule has 1 amide bonds. The van der Waals surface area contributed by atoms with Gasteiger partial charge in [0.2, 0.25) is 5.91 Å². The number of thioether (sulfide) groups is 1. The van der Waals surface area contributed by atoms with E-state index < -0.39 is 0 Å². The van der Waals surface area contributed by atoms with Gasteiger partial charge in [-0.2, -0.15) is 0 Å². The second-order valence-electron chi connectivity index (χ2n) is 5.51. The van der Waals surface area contributed by atoms with Crippen molar-refractivity contribution in [3.05, 3.63) is 22.6 Å². The lowest BCUT2D eigenvalue weighted by molar-refractivity contribution is -0.122. The van der Waals surface area contributed by atoms with E-state index in [-0.39, 0.29) is 17.5 Å². The first-order valence-corrected chi connectivity index (χ1v) is 8.22. The normalized spacial score (nSPS) is 22.5. The first-order chi connectivity index (χ1) is 9.74. The van der Waals surface area contributed by atoms with Crippen LogP contribution < -0.4 is 10.9 Å². The van der Waals surface area contributed by atoms with Crippen LogP contribution in [0.3, 0.4) is 0 Å². The molecule has 1 aromatic heterocycles. The average Bonchev–Trinajstić information content (AvgIpc) is 2.84. The number of hydrogen-bond donors (Lipinski definition) is 1. The zero-order chi connectivity index (χ0) is 13.9. The Morgan fingerprint density at radius 1 is 1.40 bits per heavy atom. The van der Waals surface area contributed by atoms with Crippen LogP contribution in [0.25, 0.3) is 0 Å². The molecule has 3 rings (SSSR count). The maximum absolute atomic E-state index is 12.1. The molecule has 0 saturated heterocycles. The molecule has 1 N–H and O–H groups in total. The minimum atomic E-state index is -0.0598. The zero-order valence-corrected chi connectivity index (χ0v) is 12.2. The molecule has 1 saturated carbocycles. The Morgan fingerprint density at radius 3 is 3.00 bits per heavy atom. The van der Waals surface area contributed by atoms with E-state index in [1.165, 1.54) is 31.5 Å². The van der Waals surface area contributed by atoms with E-state index in [1.54, 1.807) is 16.3 Å². The van der Waals surface area contributed by atoms with E-state index in [2.05, 4.69) is 10.3 Å². The Morgan fingerprint density at radius 2 is 2.20 bits per heavy atom. The van der Waals surface area contributed by atoms with Crippen LogP contribution in [0.2, 0.25) is 0 Å². The molecule has 1 aliphatic heterocycles. The highest BCUT2D eigenvalue weighted by atomic mass is 32.2. The Balaban J connectivity index is 1.62. The molecule has 0 bridgehead atoms. The van der Waals surface area contributed by atoms with Crippen LogP contribution in [0.4, 0.5) is 0 Å². The topological polar surface area (TPSA) is 64.0 Å². The second-order valence-corrected chi connectivity index (χ2v) is 6.49. The number of amides is 1. The molecule has 2 aliphatic rings. The summed E-state index contributed by atoms with van der Waals surface area (Å²) in [5, 5.41) is 3.84. The van der Waals surface area contributed by atoms with Crippen molar-refractivity contribution in [3.63, 3.8) is 0 Å². The molecule has 0 spiro atoms. The summed E-state index contributed by atoms with van der Waals surface area (Å²) in [6.45, 7) is 0. The highest BCUT2D eigenvalue weighted by Gasteiger charge is 2.27. The van der Waals surface area contributed by atoms with Crippen molar-refractivity contribution in [1.82, 2.24) is 14.9 Å². The molecule has 108 valence electrons. The van der Waals surface area contributed by atoms with Gasteiger partial charge < -0.3 is 5.32 Å². The fourth-order valence-corrected chi connectivity index (χ4v) is 4.11. The predicted molar refractivity (Wildman–Crippen MR) is 77.9 cm³/mol. The third-order valence-corrected chi connectivity index (χ3v) is 5.12. The van der Waals surface area contributed by atoms with Gasteiger partial charge in [0.25, 0.3) is 5.56 Å². The summed E-state index contributed by atoms with van der Waals surface area (Å²) in [4.78, 5) is 28.2. The minimum absolute atomic E-state index is 0.0557. The lowest BCUT2D eigenvalue weighted by atomic mass is 9.95. The van der Waals surface area contributed by atoms with Crippen LogP contribution in [-0.4, -0.2) is 27.3 Å². The van der Waals surface area contributed by atoms with E-state index in [0.717, 1.165) is 23.8 Å². The highest BCUT2D eigenvalue weighted by Crippen LogP contribution is 2.31. The summed E-state index contributed by atoms with van der Waals surface area (Å²) in [6, 6.07) is 1.73. The fourth-order valence-electron chi connectivity index (χ4n) is 2.99. The van der Waals surface area contributed by atoms with Crippen LogP contribution in [0.5, 0.6) is 0 Å². The predicted octanol–water partition coefficient (Wildman–Crippen LogP) is 1.73. The van der Waals surface area contributed by atoms with Crippen LogP contribution in [-0.2, 0) is 4.79 Å². The number of hydrogen-bond acceptors (Lipinski definition) is 4. The van der Waals surface area contributed by atoms with Crippen LogP contribution in [0.1, 0.15) is 44.6 Å². The standard InChI is InChI=1S/C14H19N3O2S/c18-12(16-10-4-2-1-3-5-10)8-11-9-20-14-15-7-6-13(19)17(11)14/h6-7,10-11H,1-5,8-9H2,(H,16,18). The van der Waals surface area contributed by atoms with Crippen molar-refractivity contribution >= 4 is 17.7 Å². The molecular weight excluding hydrogens is 274 g/mol. The van der Waals surface area contributed by atoms with Crippen LogP contribution >= 0.6 is 11.8 Å². The summed E-state index contributed by atoms with van der Waals surface area (Å²) in [7, 11) is 0. The molecule has 0 radical (unpaired) electrons. The Bertz CT molecular complexity index is 552. The molecule has 1 aromatic rings. The first kappa shape index (κ1) is 13.7. The Labute approximate surface area is 122 Å². The van der Waals surface area contributed by atoms with E-state index in [1.807, 2.05) is 0 Å². The number of rotatable bonds is 3. The molecular formula is C14H19N3O2S. The second kappa shape index (κ2) is 5.99. The molecule has 1 aliphatic carbocycles. The van der Waals surface area contributed by atoms with Crippen molar-refractivity contribution in [3.8, 4) is 0 Å². The SMILES string of the molecule is O=C(CC1CSc2nccc(=O)n21)NC1CCCCC1. The van der Waals surface area contributed by atoms with Crippen molar-refractivity contribution in [2.75, 3.05) is 5.75 Å². The van der Waals surface area contributed by atoms with E-state index in [9.17, 15) is 9.59 Å². The van der Waals surface area contributed by atoms with Gasteiger partial charge >= 0.3 is 0 Å². The lowest BCUT2D eigenvalue weighted by Crippen LogP contribution is -2.38. The van der Waals surface area contributed by atoms with E-state index in [0.29, 0.717) is 12.5 Å². The van der Waals surface area contributed by atoms with Gasteiger partial charge in [0.05, 0.1) is 6.04 Å². The molecule has 0 aromatic carbocycles. The lowest BCUT2D eigenvalue weighted by Gasteiger charge is -2.23. The van der Waals surface area contributed by atoms with E-state index in [4.69, 9.17) is 0 Å². The van der Waals surface area contributed by atoms with Crippen molar-refractivity contribution < 1.29 is 4.79 Å². The third kappa shape index (κ3) is 2.90. The number of aromatic nitrogens is 2. The van der Waals surface area contributed by atoms with Gasteiger partial charge in [-0.15, -0.1) is 0 Å². The maximum atomic E-state index is 12.1. The monoisotopic (exact) mass is 293 g/mol. The van der Waals surface area contributed by atoms with Gasteiger partial charge in [0.15, 0.2) is 5.16 Å². The summed E-state index contributed by atoms with van der Waals surface area (Å²) in [5.74, 6) is 0.816. The number of carbonyl (C=O) groups is 1. The van der Waals surface area contributed by atoms with Gasteiger partial charge in [-0.1, -0.05) is 31.0 Å². The maximum Gasteiger partial charge on any atom is 0.254 e. The molecule has 2 heterocycles. The highest BCUT2D eigenvalue weighted by molar-refractivity contribution is 7.99. The smallest absolute Gasteiger partial charge is 0.254 e. The number of fused-ring (bicyclic) bond motifs is 1. The number of carbonyl (C=O) groups excluding carboxylic acids is 1. The Kier molecular flexibility index (Phi) is 4.10. The summed E-state index contributed by atoms with van der Waals surface area (Å²) in [6.07, 6.45) is 7.77. The van der Waals surface area contributed by atoms with Gasteiger partial charge in [-0.05, 0) is 12.8 Å².